The van der Waals surface area contributed by atoms with E-state index < -0.39 is 41.9 Å². The summed E-state index contributed by atoms with van der Waals surface area (Å²) in [6.07, 6.45) is -0.814. The maximum absolute atomic E-state index is 13.5. The van der Waals surface area contributed by atoms with Crippen LogP contribution in [0.25, 0.3) is 11.2 Å². The number of imidazole rings is 1. The van der Waals surface area contributed by atoms with E-state index >= 15 is 0 Å². The Morgan fingerprint density at radius 2 is 1.39 bits per heavy atom. The number of fused-ring (bicyclic) bond motifs is 1. The van der Waals surface area contributed by atoms with Crippen molar-refractivity contribution < 1.29 is 33.3 Å². The minimum Gasteiger partial charge on any atom is -0.459 e. The lowest BCUT2D eigenvalue weighted by Crippen LogP contribution is -2.50. The summed E-state index contributed by atoms with van der Waals surface area (Å²) >= 11 is 6.27. The second-order valence-corrected chi connectivity index (χ2v) is 10.5. The zero-order valence-corrected chi connectivity index (χ0v) is 24.0. The summed E-state index contributed by atoms with van der Waals surface area (Å²) in [5.41, 5.74) is -0.268. The molecule has 0 unspecified atom stereocenters. The number of esters is 3. The molecule has 3 heterocycles. The van der Waals surface area contributed by atoms with Crippen LogP contribution in [0.2, 0.25) is 5.15 Å². The number of ether oxygens (including phenoxy) is 4. The third kappa shape index (κ3) is 5.62. The van der Waals surface area contributed by atoms with Crippen molar-refractivity contribution in [1.29, 1.82) is 0 Å². The van der Waals surface area contributed by atoms with Crippen molar-refractivity contribution in [3.8, 4) is 0 Å². The Morgan fingerprint density at radius 3 is 2.00 bits per heavy atom. The predicted octanol–water partition coefficient (Wildman–Crippen LogP) is 5.08. The SMILES string of the molecule is C[C@@]1(OC(=O)c2ccccc2)[C@@H](OC(=O)c2ccccc2)[C@@H](COC(=O)c2ccccc2)O[C@H]1n1cnc2c(Cl)ncnc21. The first-order valence-corrected chi connectivity index (χ1v) is 14.0. The van der Waals surface area contributed by atoms with Crippen LogP contribution < -0.4 is 0 Å². The van der Waals surface area contributed by atoms with Crippen molar-refractivity contribution in [1.82, 2.24) is 19.5 Å². The zero-order valence-electron chi connectivity index (χ0n) is 23.3. The maximum atomic E-state index is 13.5. The molecule has 0 spiro atoms. The van der Waals surface area contributed by atoms with E-state index in [1.54, 1.807) is 97.9 Å². The van der Waals surface area contributed by atoms with Gasteiger partial charge >= 0.3 is 17.9 Å². The molecule has 44 heavy (non-hydrogen) atoms. The van der Waals surface area contributed by atoms with Gasteiger partial charge in [-0.25, -0.2) is 29.3 Å². The molecular weight excluding hydrogens is 588 g/mol. The summed E-state index contributed by atoms with van der Waals surface area (Å²) in [6.45, 7) is 1.24. The topological polar surface area (TPSA) is 132 Å². The largest absolute Gasteiger partial charge is 0.459 e. The zero-order chi connectivity index (χ0) is 30.7. The van der Waals surface area contributed by atoms with E-state index in [9.17, 15) is 14.4 Å². The Labute approximate surface area is 256 Å². The fraction of sp³-hybridized carbons (Fsp3) is 0.188. The highest BCUT2D eigenvalue weighted by Crippen LogP contribution is 2.45. The highest BCUT2D eigenvalue weighted by atomic mass is 35.5. The maximum Gasteiger partial charge on any atom is 0.338 e. The summed E-state index contributed by atoms with van der Waals surface area (Å²) in [5, 5.41) is 0.107. The molecule has 5 aromatic rings. The molecule has 1 saturated heterocycles. The van der Waals surface area contributed by atoms with Gasteiger partial charge in [0.25, 0.3) is 0 Å². The standard InChI is InChI=1S/C32H25ClN4O7/c1-32(44-30(40)22-15-9-4-10-16-22)25(43-29(39)21-13-7-3-8-14-21)23(17-41-28(38)20-11-5-2-6-12-20)42-31(32)37-19-36-24-26(33)34-18-35-27(24)37/h2-16,18-19,23,25,31H,17H2,1H3/t23-,25+,31-,32-/m1/s1. The van der Waals surface area contributed by atoms with Crippen LogP contribution in [0.15, 0.2) is 104 Å². The van der Waals surface area contributed by atoms with Gasteiger partial charge in [0, 0.05) is 0 Å². The first-order chi connectivity index (χ1) is 21.3. The van der Waals surface area contributed by atoms with E-state index in [0.717, 1.165) is 0 Å². The molecule has 0 bridgehead atoms. The molecule has 2 aromatic heterocycles. The molecule has 1 aliphatic rings. The summed E-state index contributed by atoms with van der Waals surface area (Å²) in [5.74, 6) is -2.00. The number of halogens is 1. The molecule has 1 fully saturated rings. The molecule has 1 aliphatic heterocycles. The fourth-order valence-corrected chi connectivity index (χ4v) is 5.23. The van der Waals surface area contributed by atoms with Gasteiger partial charge in [0.1, 0.15) is 24.6 Å². The highest BCUT2D eigenvalue weighted by molar-refractivity contribution is 6.33. The number of rotatable bonds is 8. The normalized spacial score (nSPS) is 21.1. The number of hydrogen-bond donors (Lipinski definition) is 0. The van der Waals surface area contributed by atoms with E-state index in [-0.39, 0.29) is 34.1 Å². The number of hydrogen-bond acceptors (Lipinski definition) is 10. The number of carbonyl (C=O) groups excluding carboxylic acids is 3. The third-order valence-corrected chi connectivity index (χ3v) is 7.49. The highest BCUT2D eigenvalue weighted by Gasteiger charge is 2.60. The van der Waals surface area contributed by atoms with Gasteiger partial charge in [0.2, 0.25) is 0 Å². The van der Waals surface area contributed by atoms with Gasteiger partial charge in [-0.1, -0.05) is 66.2 Å². The molecule has 0 radical (unpaired) electrons. The number of aromatic nitrogens is 4. The lowest BCUT2D eigenvalue weighted by Gasteiger charge is -2.34. The van der Waals surface area contributed by atoms with Crippen LogP contribution in [0.3, 0.4) is 0 Å². The van der Waals surface area contributed by atoms with Crippen molar-refractivity contribution in [3.63, 3.8) is 0 Å². The minimum absolute atomic E-state index is 0.107. The van der Waals surface area contributed by atoms with E-state index in [1.807, 2.05) is 0 Å². The smallest absolute Gasteiger partial charge is 0.338 e. The Bertz CT molecular complexity index is 1800. The number of benzene rings is 3. The van der Waals surface area contributed by atoms with E-state index in [1.165, 1.54) is 17.2 Å². The van der Waals surface area contributed by atoms with Crippen molar-refractivity contribution in [3.05, 3.63) is 125 Å². The van der Waals surface area contributed by atoms with Crippen LogP contribution in [0, 0.1) is 0 Å². The first-order valence-electron chi connectivity index (χ1n) is 13.6. The molecule has 0 aliphatic carbocycles. The molecule has 3 aromatic carbocycles. The molecule has 0 saturated carbocycles. The molecule has 12 heteroatoms. The Hall–Kier alpha value is -5.13. The van der Waals surface area contributed by atoms with Crippen molar-refractivity contribution in [2.75, 3.05) is 6.61 Å². The lowest BCUT2D eigenvalue weighted by molar-refractivity contribution is -0.108. The van der Waals surface area contributed by atoms with E-state index in [4.69, 9.17) is 30.5 Å². The Morgan fingerprint density at radius 1 is 0.818 bits per heavy atom. The third-order valence-electron chi connectivity index (χ3n) is 7.22. The van der Waals surface area contributed by atoms with Gasteiger partial charge in [0.15, 0.2) is 28.7 Å². The number of carbonyl (C=O) groups is 3. The van der Waals surface area contributed by atoms with Gasteiger partial charge in [-0.05, 0) is 43.3 Å². The van der Waals surface area contributed by atoms with Crippen molar-refractivity contribution >= 4 is 40.7 Å². The van der Waals surface area contributed by atoms with Crippen LogP contribution in [-0.2, 0) is 18.9 Å². The van der Waals surface area contributed by atoms with Crippen LogP contribution in [0.1, 0.15) is 44.2 Å². The molecule has 0 amide bonds. The average Bonchev–Trinajstić information content (AvgIpc) is 3.60. The molecule has 222 valence electrons. The molecule has 11 nitrogen and oxygen atoms in total. The molecule has 0 N–H and O–H groups in total. The van der Waals surface area contributed by atoms with Gasteiger partial charge in [-0.2, -0.15) is 0 Å². The summed E-state index contributed by atoms with van der Waals surface area (Å²) in [6, 6.07) is 25.1. The number of nitrogens with zero attached hydrogens (tertiary/aromatic N) is 4. The average molecular weight is 613 g/mol. The van der Waals surface area contributed by atoms with E-state index in [2.05, 4.69) is 15.0 Å². The van der Waals surface area contributed by atoms with Crippen LogP contribution in [0.5, 0.6) is 0 Å². The van der Waals surface area contributed by atoms with Crippen LogP contribution >= 0.6 is 11.6 Å². The monoisotopic (exact) mass is 612 g/mol. The van der Waals surface area contributed by atoms with Gasteiger partial charge in [-0.15, -0.1) is 0 Å². The van der Waals surface area contributed by atoms with Gasteiger partial charge in [-0.3, -0.25) is 4.57 Å². The predicted molar refractivity (Wildman–Crippen MR) is 157 cm³/mol. The van der Waals surface area contributed by atoms with Gasteiger partial charge in [0.05, 0.1) is 23.0 Å². The first kappa shape index (κ1) is 29.0. The minimum atomic E-state index is -1.69. The second-order valence-electron chi connectivity index (χ2n) is 10.1. The quantitative estimate of drug-likeness (QED) is 0.133. The van der Waals surface area contributed by atoms with Crippen molar-refractivity contribution in [2.45, 2.75) is 31.0 Å². The molecular formula is C32H25ClN4O7. The molecule has 4 atom stereocenters. The van der Waals surface area contributed by atoms with Crippen molar-refractivity contribution in [2.24, 2.45) is 0 Å². The Kier molecular flexibility index (Phi) is 8.05. The van der Waals surface area contributed by atoms with E-state index in [0.29, 0.717) is 5.56 Å². The Balaban J connectivity index is 1.41. The van der Waals surface area contributed by atoms with Crippen LogP contribution in [0.4, 0.5) is 0 Å². The fourth-order valence-electron chi connectivity index (χ4n) is 5.05. The van der Waals surface area contributed by atoms with Crippen LogP contribution in [-0.4, -0.2) is 61.8 Å². The summed E-state index contributed by atoms with van der Waals surface area (Å²) in [7, 11) is 0. The van der Waals surface area contributed by atoms with Gasteiger partial charge < -0.3 is 18.9 Å². The summed E-state index contributed by atoms with van der Waals surface area (Å²) in [4.78, 5) is 52.4. The second kappa shape index (κ2) is 12.2. The molecule has 6 rings (SSSR count). The summed E-state index contributed by atoms with van der Waals surface area (Å²) < 4.78 is 25.8. The lowest BCUT2D eigenvalue weighted by atomic mass is 9.95.